The number of hydrogen-bond acceptors (Lipinski definition) is 2. The van der Waals surface area contributed by atoms with E-state index in [9.17, 15) is 4.79 Å². The lowest BCUT2D eigenvalue weighted by Crippen LogP contribution is -2.50. The van der Waals surface area contributed by atoms with Crippen molar-refractivity contribution in [3.63, 3.8) is 0 Å². The maximum atomic E-state index is 12.8. The summed E-state index contributed by atoms with van der Waals surface area (Å²) in [5.41, 5.74) is 9.16. The van der Waals surface area contributed by atoms with E-state index in [-0.39, 0.29) is 11.9 Å². The van der Waals surface area contributed by atoms with Gasteiger partial charge < -0.3 is 10.6 Å². The van der Waals surface area contributed by atoms with Crippen molar-refractivity contribution in [2.75, 3.05) is 0 Å². The number of aryl methyl sites for hydroxylation is 2. The molecular weight excluding hydrogens is 236 g/mol. The van der Waals surface area contributed by atoms with E-state index in [0.717, 1.165) is 42.4 Å². The Bertz CT molecular complexity index is 497. The summed E-state index contributed by atoms with van der Waals surface area (Å²) in [6.45, 7) is 4.06. The van der Waals surface area contributed by atoms with E-state index in [4.69, 9.17) is 5.73 Å². The lowest BCUT2D eigenvalue weighted by atomic mass is 9.96. The van der Waals surface area contributed by atoms with Crippen LogP contribution in [0.3, 0.4) is 0 Å². The highest BCUT2D eigenvalue weighted by atomic mass is 16.2. The highest BCUT2D eigenvalue weighted by molar-refractivity contribution is 5.96. The van der Waals surface area contributed by atoms with Crippen molar-refractivity contribution in [2.24, 2.45) is 5.73 Å². The fraction of sp³-hybridized carbons (Fsp3) is 0.562. The summed E-state index contributed by atoms with van der Waals surface area (Å²) in [5.74, 6) is 0.209. The Morgan fingerprint density at radius 3 is 2.47 bits per heavy atom. The second-order valence-electron chi connectivity index (χ2n) is 6.15. The van der Waals surface area contributed by atoms with Crippen molar-refractivity contribution >= 4 is 5.91 Å². The van der Waals surface area contributed by atoms with Gasteiger partial charge in [0.15, 0.2) is 0 Å². The van der Waals surface area contributed by atoms with Crippen molar-refractivity contribution < 1.29 is 4.79 Å². The van der Waals surface area contributed by atoms with Crippen molar-refractivity contribution in [3.05, 3.63) is 34.9 Å². The molecule has 2 N–H and O–H groups in total. The minimum atomic E-state index is 0.209. The minimum absolute atomic E-state index is 0.209. The maximum absolute atomic E-state index is 12.8. The Labute approximate surface area is 114 Å². The molecule has 0 radical (unpaired) electrons. The van der Waals surface area contributed by atoms with Gasteiger partial charge in [0.25, 0.3) is 5.91 Å². The quantitative estimate of drug-likeness (QED) is 0.840. The van der Waals surface area contributed by atoms with E-state index < -0.39 is 0 Å². The first-order chi connectivity index (χ1) is 9.06. The monoisotopic (exact) mass is 258 g/mol. The van der Waals surface area contributed by atoms with Crippen LogP contribution >= 0.6 is 0 Å². The van der Waals surface area contributed by atoms with Crippen LogP contribution in [0.15, 0.2) is 18.2 Å². The van der Waals surface area contributed by atoms with Gasteiger partial charge in [-0.05, 0) is 51.2 Å². The minimum Gasteiger partial charge on any atom is -0.333 e. The third kappa shape index (κ3) is 2.16. The van der Waals surface area contributed by atoms with Gasteiger partial charge in [-0.25, -0.2) is 0 Å². The molecule has 3 nitrogen and oxygen atoms in total. The smallest absolute Gasteiger partial charge is 0.254 e. The van der Waals surface area contributed by atoms with Gasteiger partial charge in [0.05, 0.1) is 0 Å². The zero-order valence-corrected chi connectivity index (χ0v) is 11.7. The lowest BCUT2D eigenvalue weighted by molar-refractivity contribution is 0.0574. The van der Waals surface area contributed by atoms with Crippen LogP contribution < -0.4 is 5.73 Å². The molecule has 19 heavy (non-hydrogen) atoms. The van der Waals surface area contributed by atoms with Crippen LogP contribution in [0.4, 0.5) is 0 Å². The number of nitrogens with two attached hydrogens (primary N) is 1. The third-order valence-electron chi connectivity index (χ3n) is 4.63. The topological polar surface area (TPSA) is 46.3 Å². The molecule has 3 rings (SSSR count). The van der Waals surface area contributed by atoms with E-state index in [1.165, 1.54) is 0 Å². The van der Waals surface area contributed by atoms with Gasteiger partial charge in [-0.2, -0.15) is 0 Å². The number of rotatable bonds is 1. The van der Waals surface area contributed by atoms with E-state index in [2.05, 4.69) is 11.0 Å². The predicted octanol–water partition coefficient (Wildman–Crippen LogP) is 2.40. The van der Waals surface area contributed by atoms with Gasteiger partial charge in [-0.1, -0.05) is 17.7 Å². The Kier molecular flexibility index (Phi) is 3.09. The number of carbonyl (C=O) groups is 1. The summed E-state index contributed by atoms with van der Waals surface area (Å²) in [4.78, 5) is 14.9. The Balaban J connectivity index is 1.90. The molecule has 0 aromatic heterocycles. The zero-order valence-electron chi connectivity index (χ0n) is 11.7. The number of hydrogen-bond donors (Lipinski definition) is 1. The molecule has 0 spiro atoms. The van der Waals surface area contributed by atoms with Crippen molar-refractivity contribution in [3.8, 4) is 0 Å². The molecule has 3 heteroatoms. The number of amides is 1. The van der Waals surface area contributed by atoms with Crippen LogP contribution in [0.5, 0.6) is 0 Å². The molecular formula is C16H22N2O. The number of nitrogens with zero attached hydrogens (tertiary/aromatic N) is 1. The maximum Gasteiger partial charge on any atom is 0.254 e. The molecule has 2 heterocycles. The molecule has 2 aliphatic rings. The van der Waals surface area contributed by atoms with Gasteiger partial charge in [0, 0.05) is 23.7 Å². The van der Waals surface area contributed by atoms with Crippen molar-refractivity contribution in [1.29, 1.82) is 0 Å². The summed E-state index contributed by atoms with van der Waals surface area (Å²) in [6.07, 6.45) is 4.17. The van der Waals surface area contributed by atoms with Crippen LogP contribution in [-0.4, -0.2) is 28.9 Å². The van der Waals surface area contributed by atoms with Crippen molar-refractivity contribution in [2.45, 2.75) is 57.7 Å². The highest BCUT2D eigenvalue weighted by Crippen LogP contribution is 2.36. The van der Waals surface area contributed by atoms with Crippen LogP contribution in [-0.2, 0) is 0 Å². The van der Waals surface area contributed by atoms with E-state index in [1.54, 1.807) is 0 Å². The summed E-state index contributed by atoms with van der Waals surface area (Å²) >= 11 is 0. The number of carbonyl (C=O) groups excluding carboxylic acids is 1. The van der Waals surface area contributed by atoms with E-state index in [1.807, 2.05) is 26.0 Å². The van der Waals surface area contributed by atoms with Crippen LogP contribution in [0.25, 0.3) is 0 Å². The Morgan fingerprint density at radius 2 is 1.84 bits per heavy atom. The normalized spacial score (nSPS) is 29.6. The highest BCUT2D eigenvalue weighted by Gasteiger charge is 2.42. The van der Waals surface area contributed by atoms with Crippen LogP contribution in [0.1, 0.15) is 47.2 Å². The summed E-state index contributed by atoms with van der Waals surface area (Å²) in [5, 5.41) is 0. The summed E-state index contributed by atoms with van der Waals surface area (Å²) in [6, 6.07) is 7.13. The zero-order chi connectivity index (χ0) is 13.6. The molecule has 2 aliphatic heterocycles. The molecule has 1 amide bonds. The number of fused-ring (bicyclic) bond motifs is 2. The van der Waals surface area contributed by atoms with Gasteiger partial charge in [-0.15, -0.1) is 0 Å². The molecule has 2 atom stereocenters. The molecule has 1 aromatic carbocycles. The molecule has 2 bridgehead atoms. The third-order valence-corrected chi connectivity index (χ3v) is 4.63. The molecule has 0 saturated carbocycles. The molecule has 1 aromatic rings. The van der Waals surface area contributed by atoms with E-state index >= 15 is 0 Å². The Hall–Kier alpha value is -1.35. The molecule has 2 fully saturated rings. The molecule has 2 saturated heterocycles. The predicted molar refractivity (Wildman–Crippen MR) is 76.1 cm³/mol. The molecule has 0 aliphatic carbocycles. The fourth-order valence-corrected chi connectivity index (χ4v) is 3.66. The molecule has 2 unspecified atom stereocenters. The second kappa shape index (κ2) is 4.64. The Morgan fingerprint density at radius 1 is 1.21 bits per heavy atom. The van der Waals surface area contributed by atoms with Crippen LogP contribution in [0.2, 0.25) is 0 Å². The van der Waals surface area contributed by atoms with Gasteiger partial charge in [0.1, 0.15) is 0 Å². The fourth-order valence-electron chi connectivity index (χ4n) is 3.66. The largest absolute Gasteiger partial charge is 0.333 e. The average molecular weight is 258 g/mol. The summed E-state index contributed by atoms with van der Waals surface area (Å²) in [7, 11) is 0. The first kappa shape index (κ1) is 12.7. The number of piperidine rings is 1. The van der Waals surface area contributed by atoms with Gasteiger partial charge >= 0.3 is 0 Å². The molecule has 102 valence electrons. The lowest BCUT2D eigenvalue weighted by Gasteiger charge is -2.38. The second-order valence-corrected chi connectivity index (χ2v) is 6.15. The van der Waals surface area contributed by atoms with E-state index in [0.29, 0.717) is 12.1 Å². The van der Waals surface area contributed by atoms with Gasteiger partial charge in [0.2, 0.25) is 0 Å². The average Bonchev–Trinajstić information content (AvgIpc) is 2.64. The van der Waals surface area contributed by atoms with Crippen LogP contribution in [0, 0.1) is 13.8 Å². The van der Waals surface area contributed by atoms with Gasteiger partial charge in [-0.3, -0.25) is 4.79 Å². The first-order valence-corrected chi connectivity index (χ1v) is 7.21. The van der Waals surface area contributed by atoms with Crippen molar-refractivity contribution in [1.82, 2.24) is 4.90 Å². The SMILES string of the molecule is Cc1ccc(C)c(C(=O)N2C3CCC2CC(N)C3)c1. The standard InChI is InChI=1S/C16H22N2O/c1-10-3-4-11(2)15(7-10)16(19)18-13-5-6-14(18)9-12(17)8-13/h3-4,7,12-14H,5-6,8-9,17H2,1-2H3. The first-order valence-electron chi connectivity index (χ1n) is 7.21. The summed E-state index contributed by atoms with van der Waals surface area (Å²) < 4.78 is 0. The number of benzene rings is 1.